The standard InChI is InChI=1S/C14H22N2O4/c17-12(13(18)16-10-4-5-10)15-8-11-9-19-14(20-11)6-2-1-3-7-14/h10-11H,1-9H2,(H,15,17)(H,16,18)/t11-/m0/s1. The average Bonchev–Trinajstić information content (AvgIpc) is 3.19. The lowest BCUT2D eigenvalue weighted by molar-refractivity contribution is -0.186. The number of hydrogen-bond acceptors (Lipinski definition) is 4. The van der Waals surface area contributed by atoms with Gasteiger partial charge in [-0.1, -0.05) is 6.42 Å². The molecule has 0 radical (unpaired) electrons. The third kappa shape index (κ3) is 3.30. The van der Waals surface area contributed by atoms with Crippen molar-refractivity contribution in [2.75, 3.05) is 13.2 Å². The number of nitrogens with one attached hydrogen (secondary N) is 2. The minimum Gasteiger partial charge on any atom is -0.347 e. The Morgan fingerprint density at radius 3 is 2.55 bits per heavy atom. The Hall–Kier alpha value is -1.14. The monoisotopic (exact) mass is 282 g/mol. The van der Waals surface area contributed by atoms with Crippen LogP contribution in [0.5, 0.6) is 0 Å². The van der Waals surface area contributed by atoms with Gasteiger partial charge >= 0.3 is 11.8 Å². The quantitative estimate of drug-likeness (QED) is 0.737. The second-order valence-corrected chi connectivity index (χ2v) is 5.98. The van der Waals surface area contributed by atoms with Gasteiger partial charge in [-0.2, -0.15) is 0 Å². The molecule has 1 saturated heterocycles. The van der Waals surface area contributed by atoms with Crippen LogP contribution in [-0.4, -0.2) is 42.9 Å². The van der Waals surface area contributed by atoms with Crippen molar-refractivity contribution < 1.29 is 19.1 Å². The summed E-state index contributed by atoms with van der Waals surface area (Å²) in [7, 11) is 0. The fraction of sp³-hybridized carbons (Fsp3) is 0.857. The van der Waals surface area contributed by atoms with Crippen LogP contribution in [0, 0.1) is 0 Å². The summed E-state index contributed by atoms with van der Waals surface area (Å²) in [5.74, 6) is -1.55. The van der Waals surface area contributed by atoms with Crippen LogP contribution >= 0.6 is 0 Å². The first-order valence-corrected chi connectivity index (χ1v) is 7.57. The Bertz CT molecular complexity index is 389. The van der Waals surface area contributed by atoms with E-state index in [1.807, 2.05) is 0 Å². The van der Waals surface area contributed by atoms with Gasteiger partial charge in [0.25, 0.3) is 0 Å². The number of carbonyl (C=O) groups is 2. The molecule has 112 valence electrons. The van der Waals surface area contributed by atoms with Crippen LogP contribution in [0.15, 0.2) is 0 Å². The van der Waals surface area contributed by atoms with Gasteiger partial charge in [0, 0.05) is 25.4 Å². The molecule has 1 aliphatic heterocycles. The van der Waals surface area contributed by atoms with E-state index in [-0.39, 0.29) is 12.1 Å². The summed E-state index contributed by atoms with van der Waals surface area (Å²) in [6.07, 6.45) is 7.15. The van der Waals surface area contributed by atoms with Crippen LogP contribution in [-0.2, 0) is 19.1 Å². The van der Waals surface area contributed by atoms with Gasteiger partial charge in [-0.05, 0) is 25.7 Å². The van der Waals surface area contributed by atoms with E-state index in [9.17, 15) is 9.59 Å². The average molecular weight is 282 g/mol. The molecule has 3 rings (SSSR count). The summed E-state index contributed by atoms with van der Waals surface area (Å²) in [6.45, 7) is 0.823. The van der Waals surface area contributed by atoms with Crippen LogP contribution in [0.3, 0.4) is 0 Å². The first kappa shape index (κ1) is 13.8. The summed E-state index contributed by atoms with van der Waals surface area (Å²) in [5, 5.41) is 5.29. The normalized spacial score (nSPS) is 28.3. The third-order valence-electron chi connectivity index (χ3n) is 4.14. The molecule has 2 saturated carbocycles. The maximum absolute atomic E-state index is 11.6. The maximum atomic E-state index is 11.6. The highest BCUT2D eigenvalue weighted by molar-refractivity contribution is 6.35. The van der Waals surface area contributed by atoms with Gasteiger partial charge in [0.2, 0.25) is 0 Å². The summed E-state index contributed by atoms with van der Waals surface area (Å²) in [5.41, 5.74) is 0. The Morgan fingerprint density at radius 1 is 1.10 bits per heavy atom. The highest BCUT2D eigenvalue weighted by atomic mass is 16.7. The molecule has 2 aliphatic carbocycles. The largest absolute Gasteiger partial charge is 0.347 e. The van der Waals surface area contributed by atoms with E-state index < -0.39 is 17.6 Å². The zero-order valence-electron chi connectivity index (χ0n) is 11.7. The first-order chi connectivity index (χ1) is 9.67. The fourth-order valence-corrected chi connectivity index (χ4v) is 2.84. The number of carbonyl (C=O) groups excluding carboxylic acids is 2. The molecular weight excluding hydrogens is 260 g/mol. The van der Waals surface area contributed by atoms with Crippen molar-refractivity contribution >= 4 is 11.8 Å². The lowest BCUT2D eigenvalue weighted by Crippen LogP contribution is -2.44. The molecule has 20 heavy (non-hydrogen) atoms. The van der Waals surface area contributed by atoms with E-state index in [0.717, 1.165) is 38.5 Å². The van der Waals surface area contributed by atoms with Crippen molar-refractivity contribution in [3.8, 4) is 0 Å². The van der Waals surface area contributed by atoms with E-state index in [4.69, 9.17) is 9.47 Å². The minimum absolute atomic E-state index is 0.147. The van der Waals surface area contributed by atoms with Gasteiger partial charge in [-0.3, -0.25) is 9.59 Å². The topological polar surface area (TPSA) is 76.7 Å². The Morgan fingerprint density at radius 2 is 1.85 bits per heavy atom. The summed E-state index contributed by atoms with van der Waals surface area (Å²) < 4.78 is 11.7. The third-order valence-corrected chi connectivity index (χ3v) is 4.14. The summed E-state index contributed by atoms with van der Waals surface area (Å²) in [6, 6.07) is 0.199. The molecule has 6 heteroatoms. The van der Waals surface area contributed by atoms with Crippen molar-refractivity contribution in [1.82, 2.24) is 10.6 Å². The zero-order chi connectivity index (χ0) is 14.0. The first-order valence-electron chi connectivity index (χ1n) is 7.57. The van der Waals surface area contributed by atoms with Crippen LogP contribution in [0.4, 0.5) is 0 Å². The van der Waals surface area contributed by atoms with E-state index in [1.54, 1.807) is 0 Å². The highest BCUT2D eigenvalue weighted by Crippen LogP contribution is 2.37. The van der Waals surface area contributed by atoms with Gasteiger partial charge < -0.3 is 20.1 Å². The van der Waals surface area contributed by atoms with E-state index >= 15 is 0 Å². The number of hydrogen-bond donors (Lipinski definition) is 2. The van der Waals surface area contributed by atoms with E-state index in [0.29, 0.717) is 13.2 Å². The molecule has 6 nitrogen and oxygen atoms in total. The molecule has 0 unspecified atom stereocenters. The Labute approximate surface area is 118 Å². The lowest BCUT2D eigenvalue weighted by Gasteiger charge is -2.31. The van der Waals surface area contributed by atoms with Crippen molar-refractivity contribution in [2.45, 2.75) is 62.9 Å². The summed E-state index contributed by atoms with van der Waals surface area (Å²) in [4.78, 5) is 23.1. The SMILES string of the molecule is O=C(NC[C@H]1COC2(CCCCC2)O1)C(=O)NC1CC1. The molecule has 2 amide bonds. The van der Waals surface area contributed by atoms with Gasteiger partial charge in [-0.15, -0.1) is 0 Å². The van der Waals surface area contributed by atoms with Gasteiger partial charge in [-0.25, -0.2) is 0 Å². The molecule has 0 aromatic carbocycles. The minimum atomic E-state index is -0.579. The molecule has 3 fully saturated rings. The van der Waals surface area contributed by atoms with Crippen molar-refractivity contribution in [1.29, 1.82) is 0 Å². The van der Waals surface area contributed by atoms with Crippen LogP contribution in [0.25, 0.3) is 0 Å². The van der Waals surface area contributed by atoms with Gasteiger partial charge in [0.1, 0.15) is 6.10 Å². The van der Waals surface area contributed by atoms with Gasteiger partial charge in [0.15, 0.2) is 5.79 Å². The number of ether oxygens (including phenoxy) is 2. The molecule has 0 bridgehead atoms. The molecule has 1 heterocycles. The Kier molecular flexibility index (Phi) is 3.94. The lowest BCUT2D eigenvalue weighted by atomic mass is 9.94. The second-order valence-electron chi connectivity index (χ2n) is 5.98. The smallest absolute Gasteiger partial charge is 0.309 e. The highest BCUT2D eigenvalue weighted by Gasteiger charge is 2.42. The van der Waals surface area contributed by atoms with Crippen molar-refractivity contribution in [2.24, 2.45) is 0 Å². The number of rotatable bonds is 3. The molecule has 1 spiro atoms. The molecular formula is C14H22N2O4. The van der Waals surface area contributed by atoms with Gasteiger partial charge in [0.05, 0.1) is 6.61 Å². The predicted octanol–water partition coefficient (Wildman–Crippen LogP) is 0.457. The molecule has 2 N–H and O–H groups in total. The van der Waals surface area contributed by atoms with E-state index in [2.05, 4.69) is 10.6 Å². The molecule has 0 aromatic rings. The molecule has 1 atom stereocenters. The van der Waals surface area contributed by atoms with E-state index in [1.165, 1.54) is 6.42 Å². The summed E-state index contributed by atoms with van der Waals surface area (Å²) >= 11 is 0. The molecule has 3 aliphatic rings. The van der Waals surface area contributed by atoms with Crippen LogP contribution in [0.2, 0.25) is 0 Å². The van der Waals surface area contributed by atoms with Crippen LogP contribution < -0.4 is 10.6 Å². The fourth-order valence-electron chi connectivity index (χ4n) is 2.84. The van der Waals surface area contributed by atoms with Crippen molar-refractivity contribution in [3.05, 3.63) is 0 Å². The molecule has 0 aromatic heterocycles. The van der Waals surface area contributed by atoms with Crippen molar-refractivity contribution in [3.63, 3.8) is 0 Å². The predicted molar refractivity (Wildman–Crippen MR) is 70.8 cm³/mol. The second kappa shape index (κ2) is 5.69. The van der Waals surface area contributed by atoms with Crippen LogP contribution in [0.1, 0.15) is 44.9 Å². The maximum Gasteiger partial charge on any atom is 0.309 e. The zero-order valence-corrected chi connectivity index (χ0v) is 11.7. The number of amides is 2. The Balaban J connectivity index is 1.40.